The zero-order valence-electron chi connectivity index (χ0n) is 16.0. The lowest BCUT2D eigenvalue weighted by Crippen LogP contribution is -2.31. The number of amides is 2. The molecular weight excluding hydrogens is 340 g/mol. The Bertz CT molecular complexity index is 874. The molecule has 6 nitrogen and oxygen atoms in total. The van der Waals surface area contributed by atoms with Crippen molar-refractivity contribution < 1.29 is 9.59 Å². The number of imidazole rings is 1. The van der Waals surface area contributed by atoms with Crippen molar-refractivity contribution in [2.75, 3.05) is 18.4 Å². The topological polar surface area (TPSA) is 67.2 Å². The summed E-state index contributed by atoms with van der Waals surface area (Å²) in [5.74, 6) is 0.165. The molecule has 1 fully saturated rings. The van der Waals surface area contributed by atoms with Gasteiger partial charge in [0.15, 0.2) is 11.5 Å². The van der Waals surface area contributed by atoms with E-state index in [1.54, 1.807) is 0 Å². The van der Waals surface area contributed by atoms with E-state index in [0.29, 0.717) is 11.5 Å². The summed E-state index contributed by atoms with van der Waals surface area (Å²) in [6, 6.07) is 5.94. The van der Waals surface area contributed by atoms with E-state index in [4.69, 9.17) is 0 Å². The molecule has 2 aliphatic rings. The second-order valence-electron chi connectivity index (χ2n) is 7.56. The molecule has 0 saturated carbocycles. The number of aryl methyl sites for hydroxylation is 2. The van der Waals surface area contributed by atoms with Gasteiger partial charge in [0.25, 0.3) is 11.8 Å². The summed E-state index contributed by atoms with van der Waals surface area (Å²) < 4.78 is 1.98. The third-order valence-corrected chi connectivity index (χ3v) is 5.64. The number of para-hydroxylation sites is 1. The predicted molar refractivity (Wildman–Crippen MR) is 104 cm³/mol. The molecule has 142 valence electrons. The van der Waals surface area contributed by atoms with Crippen LogP contribution in [0.15, 0.2) is 18.2 Å². The number of nitrogens with zero attached hydrogens (tertiary/aromatic N) is 3. The maximum absolute atomic E-state index is 13.0. The highest BCUT2D eigenvalue weighted by Crippen LogP contribution is 2.25. The van der Waals surface area contributed by atoms with Gasteiger partial charge in [0.05, 0.1) is 5.69 Å². The van der Waals surface area contributed by atoms with Crippen molar-refractivity contribution in [3.63, 3.8) is 0 Å². The summed E-state index contributed by atoms with van der Waals surface area (Å²) in [6.45, 7) is 6.28. The van der Waals surface area contributed by atoms with Gasteiger partial charge in [-0.25, -0.2) is 4.98 Å². The highest BCUT2D eigenvalue weighted by atomic mass is 16.2. The summed E-state index contributed by atoms with van der Waals surface area (Å²) in [5.41, 5.74) is 4.16. The molecule has 0 atom stereocenters. The lowest BCUT2D eigenvalue weighted by atomic mass is 10.1. The Hall–Kier alpha value is -2.63. The summed E-state index contributed by atoms with van der Waals surface area (Å²) in [7, 11) is 0. The zero-order chi connectivity index (χ0) is 19.0. The minimum absolute atomic E-state index is 0.0400. The largest absolute Gasteiger partial charge is 0.336 e. The molecule has 1 aromatic heterocycles. The number of benzene rings is 1. The van der Waals surface area contributed by atoms with Crippen LogP contribution in [-0.2, 0) is 13.0 Å². The maximum atomic E-state index is 13.0. The van der Waals surface area contributed by atoms with E-state index in [0.717, 1.165) is 74.2 Å². The molecule has 2 aromatic rings. The highest BCUT2D eigenvalue weighted by Gasteiger charge is 2.30. The van der Waals surface area contributed by atoms with Crippen LogP contribution in [0.5, 0.6) is 0 Å². The first-order valence-corrected chi connectivity index (χ1v) is 9.82. The average Bonchev–Trinajstić information content (AvgIpc) is 3.32. The molecular formula is C21H26N4O2. The van der Waals surface area contributed by atoms with E-state index >= 15 is 0 Å². The molecule has 0 aliphatic carbocycles. The number of rotatable bonds is 3. The normalized spacial score (nSPS) is 16.3. The predicted octanol–water partition coefficient (Wildman–Crippen LogP) is 3.32. The third-order valence-electron chi connectivity index (χ3n) is 5.64. The van der Waals surface area contributed by atoms with E-state index in [2.05, 4.69) is 10.3 Å². The number of hydrogen-bond acceptors (Lipinski definition) is 3. The molecule has 0 bridgehead atoms. The van der Waals surface area contributed by atoms with E-state index in [1.165, 1.54) is 0 Å². The van der Waals surface area contributed by atoms with E-state index in [1.807, 2.05) is 41.5 Å². The SMILES string of the molecule is Cc1cccc(C)c1NC(=O)c1nc(C(=O)N2CCCC2)n2c1CCCC2. The van der Waals surface area contributed by atoms with Crippen LogP contribution in [0.1, 0.15) is 63.6 Å². The maximum Gasteiger partial charge on any atom is 0.289 e. The quantitative estimate of drug-likeness (QED) is 0.906. The van der Waals surface area contributed by atoms with Gasteiger partial charge in [-0.2, -0.15) is 0 Å². The highest BCUT2D eigenvalue weighted by molar-refractivity contribution is 6.05. The van der Waals surface area contributed by atoms with E-state index < -0.39 is 0 Å². The summed E-state index contributed by atoms with van der Waals surface area (Å²) in [4.78, 5) is 32.4. The van der Waals surface area contributed by atoms with Crippen molar-refractivity contribution in [3.8, 4) is 0 Å². The Morgan fingerprint density at radius 1 is 1.00 bits per heavy atom. The fourth-order valence-corrected chi connectivity index (χ4v) is 4.13. The van der Waals surface area contributed by atoms with Gasteiger partial charge in [0.2, 0.25) is 0 Å². The van der Waals surface area contributed by atoms with Gasteiger partial charge in [-0.15, -0.1) is 0 Å². The minimum atomic E-state index is -0.224. The first-order chi connectivity index (χ1) is 13.1. The van der Waals surface area contributed by atoms with Crippen LogP contribution in [0.25, 0.3) is 0 Å². The number of hydrogen-bond donors (Lipinski definition) is 1. The number of fused-ring (bicyclic) bond motifs is 1. The Labute approximate surface area is 159 Å². The summed E-state index contributed by atoms with van der Waals surface area (Å²) in [6.07, 6.45) is 4.91. The van der Waals surface area contributed by atoms with Crippen LogP contribution >= 0.6 is 0 Å². The van der Waals surface area contributed by atoms with Gasteiger partial charge in [0.1, 0.15) is 0 Å². The number of carbonyl (C=O) groups is 2. The second kappa shape index (κ2) is 7.18. The molecule has 2 amide bonds. The summed E-state index contributed by atoms with van der Waals surface area (Å²) >= 11 is 0. The van der Waals surface area contributed by atoms with Crippen LogP contribution in [0.2, 0.25) is 0 Å². The first-order valence-electron chi connectivity index (χ1n) is 9.82. The van der Waals surface area contributed by atoms with Crippen LogP contribution in [0.4, 0.5) is 5.69 Å². The molecule has 4 rings (SSSR count). The molecule has 2 aliphatic heterocycles. The van der Waals surface area contributed by atoms with Crippen molar-refractivity contribution >= 4 is 17.5 Å². The molecule has 1 aromatic carbocycles. The van der Waals surface area contributed by atoms with Gasteiger partial charge in [-0.1, -0.05) is 18.2 Å². The minimum Gasteiger partial charge on any atom is -0.336 e. The lowest BCUT2D eigenvalue weighted by molar-refractivity contribution is 0.0774. The van der Waals surface area contributed by atoms with E-state index in [-0.39, 0.29) is 11.8 Å². The first kappa shape index (κ1) is 17.8. The molecule has 3 heterocycles. The average molecular weight is 366 g/mol. The van der Waals surface area contributed by atoms with Gasteiger partial charge < -0.3 is 14.8 Å². The molecule has 27 heavy (non-hydrogen) atoms. The number of aromatic nitrogens is 2. The second-order valence-corrected chi connectivity index (χ2v) is 7.56. The van der Waals surface area contributed by atoms with Gasteiger partial charge >= 0.3 is 0 Å². The van der Waals surface area contributed by atoms with Crippen molar-refractivity contribution in [1.82, 2.24) is 14.5 Å². The lowest BCUT2D eigenvalue weighted by Gasteiger charge is -2.19. The standard InChI is InChI=1S/C21H26N4O2/c1-14-8-7-9-15(2)17(14)23-20(26)18-16-10-3-4-13-25(16)19(22-18)21(27)24-11-5-6-12-24/h7-9H,3-6,10-13H2,1-2H3,(H,23,26). The number of anilines is 1. The Balaban J connectivity index is 1.68. The molecule has 0 radical (unpaired) electrons. The number of nitrogens with one attached hydrogen (secondary N) is 1. The van der Waals surface area contributed by atoms with Crippen molar-refractivity contribution in [1.29, 1.82) is 0 Å². The smallest absolute Gasteiger partial charge is 0.289 e. The van der Waals surface area contributed by atoms with Crippen molar-refractivity contribution in [2.45, 2.75) is 52.5 Å². The molecule has 1 N–H and O–H groups in total. The third kappa shape index (κ3) is 3.24. The Kier molecular flexibility index (Phi) is 4.72. The van der Waals surface area contributed by atoms with Crippen LogP contribution in [0, 0.1) is 13.8 Å². The molecule has 1 saturated heterocycles. The van der Waals surface area contributed by atoms with E-state index in [9.17, 15) is 9.59 Å². The van der Waals surface area contributed by atoms with Crippen molar-refractivity contribution in [3.05, 3.63) is 46.5 Å². The van der Waals surface area contributed by atoms with Crippen LogP contribution in [0.3, 0.4) is 0 Å². The summed E-state index contributed by atoms with van der Waals surface area (Å²) in [5, 5.41) is 3.03. The van der Waals surface area contributed by atoms with Crippen LogP contribution < -0.4 is 5.32 Å². The Morgan fingerprint density at radius 2 is 1.67 bits per heavy atom. The monoisotopic (exact) mass is 366 g/mol. The van der Waals surface area contributed by atoms with Crippen LogP contribution in [-0.4, -0.2) is 39.4 Å². The molecule has 6 heteroatoms. The molecule has 0 unspecified atom stereocenters. The Morgan fingerprint density at radius 3 is 2.37 bits per heavy atom. The fraction of sp³-hybridized carbons (Fsp3) is 0.476. The zero-order valence-corrected chi connectivity index (χ0v) is 16.0. The van der Waals surface area contributed by atoms with Gasteiger partial charge in [-0.3, -0.25) is 9.59 Å². The number of likely N-dealkylation sites (tertiary alicyclic amines) is 1. The molecule has 0 spiro atoms. The van der Waals surface area contributed by atoms with Crippen molar-refractivity contribution in [2.24, 2.45) is 0 Å². The number of carbonyl (C=O) groups excluding carboxylic acids is 2. The van der Waals surface area contributed by atoms with Gasteiger partial charge in [0, 0.05) is 25.3 Å². The van der Waals surface area contributed by atoms with Gasteiger partial charge in [-0.05, 0) is 57.1 Å². The fourth-order valence-electron chi connectivity index (χ4n) is 4.13.